The van der Waals surface area contributed by atoms with Gasteiger partial charge >= 0.3 is 0 Å². The molecule has 1 aromatic carbocycles. The van der Waals surface area contributed by atoms with Crippen LogP contribution in [0.15, 0.2) is 22.7 Å². The number of benzene rings is 1. The van der Waals surface area contributed by atoms with Gasteiger partial charge in [0.15, 0.2) is 0 Å². The minimum Gasteiger partial charge on any atom is -0.336 e. The van der Waals surface area contributed by atoms with Crippen LogP contribution in [0.3, 0.4) is 0 Å². The summed E-state index contributed by atoms with van der Waals surface area (Å²) in [6.07, 6.45) is 2.42. The van der Waals surface area contributed by atoms with Crippen molar-refractivity contribution in [3.8, 4) is 0 Å². The molecule has 0 saturated carbocycles. The smallest absolute Gasteiger partial charge is 0.254 e. The zero-order valence-corrected chi connectivity index (χ0v) is 14.7. The van der Waals surface area contributed by atoms with Crippen molar-refractivity contribution >= 4 is 21.8 Å². The molecule has 1 N–H and O–H groups in total. The average molecular weight is 353 g/mol. The van der Waals surface area contributed by atoms with E-state index in [0.717, 1.165) is 35.2 Å². The molecule has 1 heterocycles. The maximum absolute atomic E-state index is 12.8. The first-order chi connectivity index (χ1) is 9.99. The molecule has 1 aliphatic heterocycles. The molecule has 3 nitrogen and oxygen atoms in total. The van der Waals surface area contributed by atoms with Crippen molar-refractivity contribution < 1.29 is 4.79 Å². The number of amides is 1. The van der Waals surface area contributed by atoms with E-state index in [0.29, 0.717) is 5.92 Å². The first kappa shape index (κ1) is 16.5. The van der Waals surface area contributed by atoms with Gasteiger partial charge in [0.2, 0.25) is 0 Å². The standard InChI is InChI=1S/C17H25BrN2O/c1-12(2)20(11-14-5-4-8-19-10-14)17(21)15-7-6-13(3)16(18)9-15/h6-7,9,12,14,19H,4-5,8,10-11H2,1-3H3. The van der Waals surface area contributed by atoms with Gasteiger partial charge in [-0.1, -0.05) is 22.0 Å². The molecule has 21 heavy (non-hydrogen) atoms. The lowest BCUT2D eigenvalue weighted by molar-refractivity contribution is 0.0661. The highest BCUT2D eigenvalue weighted by Gasteiger charge is 2.24. The Labute approximate surface area is 136 Å². The Kier molecular flexibility index (Phi) is 5.82. The molecule has 1 unspecified atom stereocenters. The number of piperidine rings is 1. The van der Waals surface area contributed by atoms with Gasteiger partial charge in [0.25, 0.3) is 5.91 Å². The summed E-state index contributed by atoms with van der Waals surface area (Å²) >= 11 is 3.52. The van der Waals surface area contributed by atoms with E-state index in [1.165, 1.54) is 12.8 Å². The molecule has 0 aromatic heterocycles. The van der Waals surface area contributed by atoms with Crippen LogP contribution in [0.1, 0.15) is 42.6 Å². The Morgan fingerprint density at radius 1 is 1.48 bits per heavy atom. The predicted octanol–water partition coefficient (Wildman–Crippen LogP) is 3.61. The molecule has 1 aromatic rings. The molecule has 1 amide bonds. The Bertz CT molecular complexity index is 496. The second kappa shape index (κ2) is 7.41. The highest BCUT2D eigenvalue weighted by atomic mass is 79.9. The summed E-state index contributed by atoms with van der Waals surface area (Å²) in [4.78, 5) is 14.8. The SMILES string of the molecule is Cc1ccc(C(=O)N(CC2CCCNC2)C(C)C)cc1Br. The zero-order valence-electron chi connectivity index (χ0n) is 13.2. The summed E-state index contributed by atoms with van der Waals surface area (Å²) in [5.41, 5.74) is 1.92. The van der Waals surface area contributed by atoms with Crippen molar-refractivity contribution in [3.05, 3.63) is 33.8 Å². The third-order valence-corrected chi connectivity index (χ3v) is 5.01. The van der Waals surface area contributed by atoms with E-state index < -0.39 is 0 Å². The van der Waals surface area contributed by atoms with Crippen LogP contribution in [-0.4, -0.2) is 36.5 Å². The normalized spacial score (nSPS) is 18.8. The van der Waals surface area contributed by atoms with Crippen LogP contribution in [0.2, 0.25) is 0 Å². The molecule has 0 radical (unpaired) electrons. The molecule has 0 aliphatic carbocycles. The number of carbonyl (C=O) groups is 1. The molecule has 1 aliphatic rings. The Morgan fingerprint density at radius 3 is 2.81 bits per heavy atom. The molecular weight excluding hydrogens is 328 g/mol. The van der Waals surface area contributed by atoms with E-state index in [1.807, 2.05) is 30.0 Å². The molecule has 4 heteroatoms. The maximum atomic E-state index is 12.8. The monoisotopic (exact) mass is 352 g/mol. The van der Waals surface area contributed by atoms with Gasteiger partial charge in [0.1, 0.15) is 0 Å². The largest absolute Gasteiger partial charge is 0.336 e. The Hall–Kier alpha value is -0.870. The van der Waals surface area contributed by atoms with Gasteiger partial charge in [0, 0.05) is 22.6 Å². The Morgan fingerprint density at radius 2 is 2.24 bits per heavy atom. The third-order valence-electron chi connectivity index (χ3n) is 4.16. The van der Waals surface area contributed by atoms with Crippen LogP contribution in [0.25, 0.3) is 0 Å². The van der Waals surface area contributed by atoms with Crippen molar-refractivity contribution in [1.82, 2.24) is 10.2 Å². The minimum atomic E-state index is 0.135. The molecular formula is C17H25BrN2O. The fraction of sp³-hybridized carbons (Fsp3) is 0.588. The highest BCUT2D eigenvalue weighted by Crippen LogP contribution is 2.21. The molecule has 1 fully saturated rings. The van der Waals surface area contributed by atoms with Gasteiger partial charge in [-0.2, -0.15) is 0 Å². The molecule has 0 bridgehead atoms. The van der Waals surface area contributed by atoms with E-state index in [1.54, 1.807) is 0 Å². The summed E-state index contributed by atoms with van der Waals surface area (Å²) < 4.78 is 0.997. The van der Waals surface area contributed by atoms with Gasteiger partial charge in [-0.25, -0.2) is 0 Å². The lowest BCUT2D eigenvalue weighted by Crippen LogP contribution is -2.44. The summed E-state index contributed by atoms with van der Waals surface area (Å²) in [5.74, 6) is 0.704. The average Bonchev–Trinajstić information content (AvgIpc) is 2.47. The van der Waals surface area contributed by atoms with Crippen LogP contribution in [0.5, 0.6) is 0 Å². The Balaban J connectivity index is 2.12. The number of aryl methyl sites for hydroxylation is 1. The number of nitrogens with one attached hydrogen (secondary N) is 1. The first-order valence-corrected chi connectivity index (χ1v) is 8.56. The number of halogens is 1. The van der Waals surface area contributed by atoms with Crippen molar-refractivity contribution in [2.24, 2.45) is 5.92 Å². The summed E-state index contributed by atoms with van der Waals surface area (Å²) in [5, 5.41) is 3.43. The molecule has 0 spiro atoms. The number of nitrogens with zero attached hydrogens (tertiary/aromatic N) is 1. The van der Waals surface area contributed by atoms with Crippen molar-refractivity contribution in [1.29, 1.82) is 0 Å². The highest BCUT2D eigenvalue weighted by molar-refractivity contribution is 9.10. The van der Waals surface area contributed by atoms with Gasteiger partial charge < -0.3 is 10.2 Å². The van der Waals surface area contributed by atoms with Crippen LogP contribution < -0.4 is 5.32 Å². The van der Waals surface area contributed by atoms with E-state index in [9.17, 15) is 4.79 Å². The second-order valence-electron chi connectivity index (χ2n) is 6.23. The number of hydrogen-bond acceptors (Lipinski definition) is 2. The third kappa shape index (κ3) is 4.30. The summed E-state index contributed by atoms with van der Waals surface area (Å²) in [7, 11) is 0. The molecule has 1 saturated heterocycles. The van der Waals surface area contributed by atoms with Gasteiger partial charge in [-0.05, 0) is 70.3 Å². The number of rotatable bonds is 4. The molecule has 116 valence electrons. The van der Waals surface area contributed by atoms with Crippen LogP contribution in [-0.2, 0) is 0 Å². The lowest BCUT2D eigenvalue weighted by atomic mass is 9.98. The summed E-state index contributed by atoms with van der Waals surface area (Å²) in [6, 6.07) is 6.08. The van der Waals surface area contributed by atoms with E-state index in [4.69, 9.17) is 0 Å². The first-order valence-electron chi connectivity index (χ1n) is 7.77. The van der Waals surface area contributed by atoms with Crippen molar-refractivity contribution in [3.63, 3.8) is 0 Å². The topological polar surface area (TPSA) is 32.3 Å². The molecule has 1 atom stereocenters. The number of carbonyl (C=O) groups excluding carboxylic acids is 1. The number of hydrogen-bond donors (Lipinski definition) is 1. The van der Waals surface area contributed by atoms with E-state index in [-0.39, 0.29) is 11.9 Å². The fourth-order valence-corrected chi connectivity index (χ4v) is 3.16. The van der Waals surface area contributed by atoms with Crippen LogP contribution in [0.4, 0.5) is 0 Å². The van der Waals surface area contributed by atoms with Gasteiger partial charge in [-0.15, -0.1) is 0 Å². The fourth-order valence-electron chi connectivity index (χ4n) is 2.78. The zero-order chi connectivity index (χ0) is 15.4. The van der Waals surface area contributed by atoms with E-state index in [2.05, 4.69) is 35.1 Å². The van der Waals surface area contributed by atoms with Gasteiger partial charge in [0.05, 0.1) is 0 Å². The van der Waals surface area contributed by atoms with Gasteiger partial charge in [-0.3, -0.25) is 4.79 Å². The predicted molar refractivity (Wildman–Crippen MR) is 90.6 cm³/mol. The molecule has 2 rings (SSSR count). The minimum absolute atomic E-state index is 0.135. The second-order valence-corrected chi connectivity index (χ2v) is 7.08. The maximum Gasteiger partial charge on any atom is 0.254 e. The van der Waals surface area contributed by atoms with Crippen LogP contribution in [0, 0.1) is 12.8 Å². The van der Waals surface area contributed by atoms with Crippen molar-refractivity contribution in [2.45, 2.75) is 39.7 Å². The summed E-state index contributed by atoms with van der Waals surface area (Å²) in [6.45, 7) is 9.20. The van der Waals surface area contributed by atoms with Crippen molar-refractivity contribution in [2.75, 3.05) is 19.6 Å². The van der Waals surface area contributed by atoms with Crippen LogP contribution >= 0.6 is 15.9 Å². The lowest BCUT2D eigenvalue weighted by Gasteiger charge is -2.33. The quantitative estimate of drug-likeness (QED) is 0.897. The van der Waals surface area contributed by atoms with E-state index >= 15 is 0 Å².